The number of benzene rings is 1. The van der Waals surface area contributed by atoms with E-state index in [1.807, 2.05) is 35.0 Å². The van der Waals surface area contributed by atoms with Crippen LogP contribution in [0.3, 0.4) is 0 Å². The highest BCUT2D eigenvalue weighted by Crippen LogP contribution is 2.25. The number of hydrogen-bond acceptors (Lipinski definition) is 4. The number of thiazole rings is 1. The predicted molar refractivity (Wildman–Crippen MR) is 84.6 cm³/mol. The third kappa shape index (κ3) is 2.95. The van der Waals surface area contributed by atoms with Crippen molar-refractivity contribution in [1.82, 2.24) is 14.5 Å². The molecule has 21 heavy (non-hydrogen) atoms. The number of aromatic nitrogens is 3. The Morgan fingerprint density at radius 1 is 1.33 bits per heavy atom. The summed E-state index contributed by atoms with van der Waals surface area (Å²) in [4.78, 5) is 21.8. The number of amides is 1. The summed E-state index contributed by atoms with van der Waals surface area (Å²) in [6.07, 6.45) is 3.50. The zero-order valence-corrected chi connectivity index (χ0v) is 12.7. The Morgan fingerprint density at radius 2 is 2.14 bits per heavy atom. The lowest BCUT2D eigenvalue weighted by Gasteiger charge is -2.04. The SMILES string of the molecule is CC(C)c1cnc(NC(=O)Cn2cnc3ccccc32)s1. The molecule has 0 aliphatic carbocycles. The second-order valence-corrected chi connectivity index (χ2v) is 6.19. The minimum Gasteiger partial charge on any atom is -0.321 e. The summed E-state index contributed by atoms with van der Waals surface area (Å²) in [6, 6.07) is 7.76. The molecule has 0 radical (unpaired) electrons. The van der Waals surface area contributed by atoms with E-state index >= 15 is 0 Å². The molecule has 6 heteroatoms. The van der Waals surface area contributed by atoms with E-state index in [1.54, 1.807) is 6.33 Å². The molecule has 1 aromatic carbocycles. The van der Waals surface area contributed by atoms with Crippen LogP contribution in [0.4, 0.5) is 5.13 Å². The maximum atomic E-state index is 12.1. The van der Waals surface area contributed by atoms with Gasteiger partial charge in [-0.25, -0.2) is 9.97 Å². The van der Waals surface area contributed by atoms with E-state index in [4.69, 9.17) is 0 Å². The van der Waals surface area contributed by atoms with Gasteiger partial charge in [0.2, 0.25) is 5.91 Å². The summed E-state index contributed by atoms with van der Waals surface area (Å²) in [5.74, 6) is 0.327. The van der Waals surface area contributed by atoms with E-state index in [1.165, 1.54) is 16.2 Å². The van der Waals surface area contributed by atoms with Crippen molar-refractivity contribution in [3.8, 4) is 0 Å². The standard InChI is InChI=1S/C15H16N4OS/c1-10(2)13-7-16-15(21-13)18-14(20)8-19-9-17-11-5-3-4-6-12(11)19/h3-7,9-10H,8H2,1-2H3,(H,16,18,20). The number of carbonyl (C=O) groups excluding carboxylic acids is 1. The summed E-state index contributed by atoms with van der Waals surface area (Å²) < 4.78 is 1.83. The molecule has 108 valence electrons. The van der Waals surface area contributed by atoms with Gasteiger partial charge in [-0.05, 0) is 18.1 Å². The smallest absolute Gasteiger partial charge is 0.246 e. The Hall–Kier alpha value is -2.21. The van der Waals surface area contributed by atoms with Gasteiger partial charge in [0.05, 0.1) is 17.4 Å². The second kappa shape index (κ2) is 5.65. The van der Waals surface area contributed by atoms with Gasteiger partial charge in [-0.1, -0.05) is 26.0 Å². The minimum atomic E-state index is -0.0946. The molecule has 5 nitrogen and oxygen atoms in total. The maximum absolute atomic E-state index is 12.1. The third-order valence-electron chi connectivity index (χ3n) is 3.18. The second-order valence-electron chi connectivity index (χ2n) is 5.13. The van der Waals surface area contributed by atoms with Crippen molar-refractivity contribution in [3.63, 3.8) is 0 Å². The van der Waals surface area contributed by atoms with E-state index in [0.29, 0.717) is 11.0 Å². The normalized spacial score (nSPS) is 11.2. The van der Waals surface area contributed by atoms with Crippen molar-refractivity contribution < 1.29 is 4.79 Å². The van der Waals surface area contributed by atoms with Crippen LogP contribution >= 0.6 is 11.3 Å². The Balaban J connectivity index is 1.71. The molecule has 1 amide bonds. The fraction of sp³-hybridized carbons (Fsp3) is 0.267. The van der Waals surface area contributed by atoms with Gasteiger partial charge in [0, 0.05) is 11.1 Å². The largest absolute Gasteiger partial charge is 0.321 e. The van der Waals surface area contributed by atoms with Crippen molar-refractivity contribution in [2.45, 2.75) is 26.3 Å². The van der Waals surface area contributed by atoms with Gasteiger partial charge in [0.25, 0.3) is 0 Å². The van der Waals surface area contributed by atoms with Crippen LogP contribution in [0.25, 0.3) is 11.0 Å². The number of nitrogens with zero attached hydrogens (tertiary/aromatic N) is 3. The van der Waals surface area contributed by atoms with E-state index in [9.17, 15) is 4.79 Å². The summed E-state index contributed by atoms with van der Waals surface area (Å²) in [6.45, 7) is 4.45. The average molecular weight is 300 g/mol. The monoisotopic (exact) mass is 300 g/mol. The van der Waals surface area contributed by atoms with Crippen molar-refractivity contribution in [1.29, 1.82) is 0 Å². The van der Waals surface area contributed by atoms with E-state index in [2.05, 4.69) is 29.1 Å². The molecule has 2 heterocycles. The lowest BCUT2D eigenvalue weighted by atomic mass is 10.2. The number of hydrogen-bond donors (Lipinski definition) is 1. The minimum absolute atomic E-state index is 0.0946. The Bertz CT molecular complexity index is 775. The number of fused-ring (bicyclic) bond motifs is 1. The summed E-state index contributed by atoms with van der Waals surface area (Å²) in [5.41, 5.74) is 1.84. The molecule has 0 saturated heterocycles. The number of anilines is 1. The van der Waals surface area contributed by atoms with Crippen molar-refractivity contribution in [2.75, 3.05) is 5.32 Å². The molecule has 0 aliphatic rings. The van der Waals surface area contributed by atoms with Crippen LogP contribution in [-0.4, -0.2) is 20.4 Å². The van der Waals surface area contributed by atoms with Gasteiger partial charge in [0.1, 0.15) is 6.54 Å². The predicted octanol–water partition coefficient (Wildman–Crippen LogP) is 3.25. The molecule has 0 spiro atoms. The topological polar surface area (TPSA) is 59.8 Å². The van der Waals surface area contributed by atoms with Gasteiger partial charge < -0.3 is 9.88 Å². The number of imidazole rings is 1. The summed E-state index contributed by atoms with van der Waals surface area (Å²) in [7, 11) is 0. The molecular weight excluding hydrogens is 284 g/mol. The molecule has 0 bridgehead atoms. The highest BCUT2D eigenvalue weighted by atomic mass is 32.1. The first-order chi connectivity index (χ1) is 10.1. The van der Waals surface area contributed by atoms with Crippen molar-refractivity contribution in [2.24, 2.45) is 0 Å². The zero-order valence-electron chi connectivity index (χ0n) is 11.9. The number of nitrogens with one attached hydrogen (secondary N) is 1. The summed E-state index contributed by atoms with van der Waals surface area (Å²) in [5, 5.41) is 3.49. The molecule has 0 atom stereocenters. The highest BCUT2D eigenvalue weighted by molar-refractivity contribution is 7.15. The van der Waals surface area contributed by atoms with Crippen LogP contribution in [0.2, 0.25) is 0 Å². The molecule has 0 saturated carbocycles. The van der Waals surface area contributed by atoms with Crippen LogP contribution < -0.4 is 5.32 Å². The van der Waals surface area contributed by atoms with Gasteiger partial charge in [0.15, 0.2) is 5.13 Å². The molecule has 2 aromatic heterocycles. The van der Waals surface area contributed by atoms with Gasteiger partial charge in [-0.3, -0.25) is 4.79 Å². The van der Waals surface area contributed by atoms with E-state index < -0.39 is 0 Å². The number of carbonyl (C=O) groups is 1. The van der Waals surface area contributed by atoms with Crippen LogP contribution in [0.5, 0.6) is 0 Å². The molecule has 0 fully saturated rings. The molecular formula is C15H16N4OS. The van der Waals surface area contributed by atoms with Crippen LogP contribution in [0.15, 0.2) is 36.8 Å². The first-order valence-electron chi connectivity index (χ1n) is 6.79. The maximum Gasteiger partial charge on any atom is 0.246 e. The Kier molecular flexibility index (Phi) is 3.70. The summed E-state index contributed by atoms with van der Waals surface area (Å²) >= 11 is 1.52. The zero-order chi connectivity index (χ0) is 14.8. The van der Waals surface area contributed by atoms with Crippen molar-refractivity contribution >= 4 is 33.4 Å². The Labute approximate surface area is 126 Å². The molecule has 0 unspecified atom stereocenters. The molecule has 0 aliphatic heterocycles. The quantitative estimate of drug-likeness (QED) is 0.804. The van der Waals surface area contributed by atoms with Gasteiger partial charge >= 0.3 is 0 Å². The van der Waals surface area contributed by atoms with Crippen LogP contribution in [0, 0.1) is 0 Å². The molecule has 3 rings (SSSR count). The highest BCUT2D eigenvalue weighted by Gasteiger charge is 2.10. The fourth-order valence-corrected chi connectivity index (χ4v) is 2.90. The molecule has 3 aromatic rings. The van der Waals surface area contributed by atoms with Gasteiger partial charge in [-0.2, -0.15) is 0 Å². The lowest BCUT2D eigenvalue weighted by molar-refractivity contribution is -0.116. The average Bonchev–Trinajstić information content (AvgIpc) is 3.07. The molecule has 1 N–H and O–H groups in total. The number of rotatable bonds is 4. The Morgan fingerprint density at radius 3 is 2.90 bits per heavy atom. The number of para-hydroxylation sites is 2. The van der Waals surface area contributed by atoms with Crippen molar-refractivity contribution in [3.05, 3.63) is 41.7 Å². The van der Waals surface area contributed by atoms with Gasteiger partial charge in [-0.15, -0.1) is 11.3 Å². The third-order valence-corrected chi connectivity index (χ3v) is 4.39. The van der Waals surface area contributed by atoms with Crippen LogP contribution in [-0.2, 0) is 11.3 Å². The fourth-order valence-electron chi connectivity index (χ4n) is 2.06. The first-order valence-corrected chi connectivity index (χ1v) is 7.60. The van der Waals surface area contributed by atoms with E-state index in [0.717, 1.165) is 11.0 Å². The van der Waals surface area contributed by atoms with E-state index in [-0.39, 0.29) is 12.5 Å². The first kappa shape index (κ1) is 13.8. The lowest BCUT2D eigenvalue weighted by Crippen LogP contribution is -2.18. The van der Waals surface area contributed by atoms with Crippen LogP contribution in [0.1, 0.15) is 24.6 Å².